The van der Waals surface area contributed by atoms with Crippen LogP contribution in [0, 0.1) is 10.1 Å². The van der Waals surface area contributed by atoms with Gasteiger partial charge in [0.25, 0.3) is 11.6 Å². The zero-order valence-corrected chi connectivity index (χ0v) is 12.7. The highest BCUT2D eigenvalue weighted by Crippen LogP contribution is 2.25. The first-order valence-electron chi connectivity index (χ1n) is 7.35. The quantitative estimate of drug-likeness (QED) is 0.568. The summed E-state index contributed by atoms with van der Waals surface area (Å²) in [5, 5.41) is 13.7. The third-order valence-electron chi connectivity index (χ3n) is 3.57. The second-order valence-corrected chi connectivity index (χ2v) is 5.20. The first-order valence-corrected chi connectivity index (χ1v) is 7.35. The number of nitrogens with zero attached hydrogens (tertiary/aromatic N) is 1. The summed E-state index contributed by atoms with van der Waals surface area (Å²) in [4.78, 5) is 22.5. The second-order valence-electron chi connectivity index (χ2n) is 5.20. The highest BCUT2D eigenvalue weighted by Gasteiger charge is 2.08. The van der Waals surface area contributed by atoms with Gasteiger partial charge in [-0.15, -0.1) is 0 Å². The van der Waals surface area contributed by atoms with E-state index in [9.17, 15) is 14.9 Å². The van der Waals surface area contributed by atoms with Gasteiger partial charge in [-0.3, -0.25) is 14.9 Å². The van der Waals surface area contributed by atoms with Crippen LogP contribution < -0.4 is 5.32 Å². The van der Waals surface area contributed by atoms with Crippen LogP contribution in [-0.4, -0.2) is 10.8 Å². The lowest BCUT2D eigenvalue weighted by Gasteiger charge is -2.07. The number of carbonyl (C=O) groups is 1. The molecule has 0 aromatic heterocycles. The van der Waals surface area contributed by atoms with Crippen molar-refractivity contribution < 1.29 is 9.72 Å². The van der Waals surface area contributed by atoms with Gasteiger partial charge in [0, 0.05) is 23.4 Å². The summed E-state index contributed by atoms with van der Waals surface area (Å²) < 4.78 is 0. The monoisotopic (exact) mass is 318 g/mol. The lowest BCUT2D eigenvalue weighted by atomic mass is 10.0. The van der Waals surface area contributed by atoms with Gasteiger partial charge in [-0.05, 0) is 35.4 Å². The number of rotatable bonds is 4. The molecule has 3 aromatic carbocycles. The fourth-order valence-electron chi connectivity index (χ4n) is 2.34. The first-order chi connectivity index (χ1) is 11.6. The zero-order chi connectivity index (χ0) is 16.9. The molecular formula is C19H14N2O3. The molecule has 0 aliphatic carbocycles. The van der Waals surface area contributed by atoms with Gasteiger partial charge < -0.3 is 5.32 Å². The smallest absolute Gasteiger partial charge is 0.270 e. The van der Waals surface area contributed by atoms with Crippen LogP contribution in [0.5, 0.6) is 0 Å². The number of benzene rings is 3. The Bertz CT molecular complexity index is 875. The van der Waals surface area contributed by atoms with Crippen LogP contribution in [0.4, 0.5) is 11.4 Å². The van der Waals surface area contributed by atoms with Crippen molar-refractivity contribution in [1.82, 2.24) is 0 Å². The Balaban J connectivity index is 1.77. The van der Waals surface area contributed by atoms with Crippen molar-refractivity contribution in [3.05, 3.63) is 94.5 Å². The molecule has 0 fully saturated rings. The van der Waals surface area contributed by atoms with E-state index in [2.05, 4.69) is 5.32 Å². The molecule has 0 spiro atoms. The fourth-order valence-corrected chi connectivity index (χ4v) is 2.34. The molecule has 5 nitrogen and oxygen atoms in total. The molecule has 3 aromatic rings. The summed E-state index contributed by atoms with van der Waals surface area (Å²) in [5.41, 5.74) is 2.90. The number of amides is 1. The van der Waals surface area contributed by atoms with Gasteiger partial charge in [0.2, 0.25) is 0 Å². The van der Waals surface area contributed by atoms with Crippen LogP contribution in [-0.2, 0) is 0 Å². The van der Waals surface area contributed by atoms with Crippen LogP contribution >= 0.6 is 0 Å². The summed E-state index contributed by atoms with van der Waals surface area (Å²) in [7, 11) is 0. The van der Waals surface area contributed by atoms with Crippen molar-refractivity contribution in [2.45, 2.75) is 0 Å². The minimum Gasteiger partial charge on any atom is -0.322 e. The Hall–Kier alpha value is -3.47. The summed E-state index contributed by atoms with van der Waals surface area (Å²) in [6.07, 6.45) is 0. The van der Waals surface area contributed by atoms with E-state index >= 15 is 0 Å². The molecule has 1 amide bonds. The van der Waals surface area contributed by atoms with Crippen LogP contribution in [0.25, 0.3) is 11.1 Å². The van der Waals surface area contributed by atoms with E-state index in [1.54, 1.807) is 42.5 Å². The maximum absolute atomic E-state index is 12.1. The average Bonchev–Trinajstić information content (AvgIpc) is 2.63. The molecule has 0 bridgehead atoms. The van der Waals surface area contributed by atoms with Gasteiger partial charge in [-0.25, -0.2) is 0 Å². The third-order valence-corrected chi connectivity index (χ3v) is 3.57. The summed E-state index contributed by atoms with van der Waals surface area (Å²) in [6.45, 7) is 0. The average molecular weight is 318 g/mol. The highest BCUT2D eigenvalue weighted by molar-refractivity contribution is 6.04. The van der Waals surface area contributed by atoms with Crippen LogP contribution in [0.15, 0.2) is 78.9 Å². The summed E-state index contributed by atoms with van der Waals surface area (Å²) in [5.74, 6) is -0.182. The van der Waals surface area contributed by atoms with E-state index in [1.165, 1.54) is 12.1 Å². The van der Waals surface area contributed by atoms with Crippen LogP contribution in [0.2, 0.25) is 0 Å². The van der Waals surface area contributed by atoms with E-state index in [1.807, 2.05) is 24.3 Å². The number of carbonyl (C=O) groups excluding carboxylic acids is 1. The topological polar surface area (TPSA) is 72.2 Å². The molecule has 0 unspecified atom stereocenters. The Morgan fingerprint density at radius 3 is 2.21 bits per heavy atom. The number of hydrogen-bond acceptors (Lipinski definition) is 3. The fraction of sp³-hybridized carbons (Fsp3) is 0. The number of anilines is 1. The molecule has 0 aliphatic rings. The van der Waals surface area contributed by atoms with Gasteiger partial charge in [-0.2, -0.15) is 0 Å². The number of nitro benzene ring substituents is 1. The Kier molecular flexibility index (Phi) is 4.34. The van der Waals surface area contributed by atoms with Crippen molar-refractivity contribution in [1.29, 1.82) is 0 Å². The van der Waals surface area contributed by atoms with E-state index < -0.39 is 4.92 Å². The van der Waals surface area contributed by atoms with E-state index in [0.29, 0.717) is 11.3 Å². The van der Waals surface area contributed by atoms with Gasteiger partial charge in [0.15, 0.2) is 0 Å². The molecule has 0 radical (unpaired) electrons. The standard InChI is InChI=1S/C19H14N2O3/c22-19(15-5-2-1-3-6-15)20-17-11-9-14(10-12-17)16-7-4-8-18(13-16)21(23)24/h1-13H,(H,20,22). The maximum Gasteiger partial charge on any atom is 0.270 e. The molecule has 0 saturated carbocycles. The Labute approximate surface area is 138 Å². The highest BCUT2D eigenvalue weighted by atomic mass is 16.6. The van der Waals surface area contributed by atoms with Gasteiger partial charge >= 0.3 is 0 Å². The number of nitrogens with one attached hydrogen (secondary N) is 1. The van der Waals surface area contributed by atoms with Gasteiger partial charge in [-0.1, -0.05) is 42.5 Å². The molecule has 5 heteroatoms. The molecule has 0 aliphatic heterocycles. The molecule has 0 saturated heterocycles. The van der Waals surface area contributed by atoms with Gasteiger partial charge in [0.1, 0.15) is 0 Å². The lowest BCUT2D eigenvalue weighted by Crippen LogP contribution is -2.11. The van der Waals surface area contributed by atoms with Crippen molar-refractivity contribution in [3.63, 3.8) is 0 Å². The molecule has 1 N–H and O–H groups in total. The van der Waals surface area contributed by atoms with Crippen molar-refractivity contribution in [3.8, 4) is 11.1 Å². The van der Waals surface area contributed by atoms with Crippen LogP contribution in [0.1, 0.15) is 10.4 Å². The van der Waals surface area contributed by atoms with Crippen molar-refractivity contribution in [2.75, 3.05) is 5.32 Å². The maximum atomic E-state index is 12.1. The molecule has 118 valence electrons. The van der Waals surface area contributed by atoms with Crippen molar-refractivity contribution >= 4 is 17.3 Å². The third kappa shape index (κ3) is 3.47. The van der Waals surface area contributed by atoms with Crippen molar-refractivity contribution in [2.24, 2.45) is 0 Å². The molecule has 0 heterocycles. The number of non-ortho nitro benzene ring substituents is 1. The minimum absolute atomic E-state index is 0.0500. The first kappa shape index (κ1) is 15.4. The predicted octanol–water partition coefficient (Wildman–Crippen LogP) is 4.51. The summed E-state index contributed by atoms with van der Waals surface area (Å²) >= 11 is 0. The molecule has 3 rings (SSSR count). The molecular weight excluding hydrogens is 304 g/mol. The SMILES string of the molecule is O=C(Nc1ccc(-c2cccc([N+](=O)[O-])c2)cc1)c1ccccc1. The number of nitro groups is 1. The number of hydrogen-bond donors (Lipinski definition) is 1. The van der Waals surface area contributed by atoms with E-state index in [0.717, 1.165) is 11.1 Å². The Morgan fingerprint density at radius 2 is 1.54 bits per heavy atom. The molecule has 0 atom stereocenters. The normalized spacial score (nSPS) is 10.2. The van der Waals surface area contributed by atoms with Gasteiger partial charge in [0.05, 0.1) is 4.92 Å². The van der Waals surface area contributed by atoms with E-state index in [-0.39, 0.29) is 11.6 Å². The summed E-state index contributed by atoms with van der Waals surface area (Å²) in [6, 6.07) is 22.6. The predicted molar refractivity (Wildman–Crippen MR) is 92.9 cm³/mol. The minimum atomic E-state index is -0.419. The lowest BCUT2D eigenvalue weighted by molar-refractivity contribution is -0.384. The largest absolute Gasteiger partial charge is 0.322 e. The Morgan fingerprint density at radius 1 is 0.833 bits per heavy atom. The molecule has 24 heavy (non-hydrogen) atoms. The van der Waals surface area contributed by atoms with Crippen LogP contribution in [0.3, 0.4) is 0 Å². The zero-order valence-electron chi connectivity index (χ0n) is 12.7. The van der Waals surface area contributed by atoms with E-state index in [4.69, 9.17) is 0 Å². The second kappa shape index (κ2) is 6.75.